The van der Waals surface area contributed by atoms with Gasteiger partial charge in [0.05, 0.1) is 19.1 Å². The highest BCUT2D eigenvalue weighted by molar-refractivity contribution is 5.98. The Balaban J connectivity index is 1.89. The highest BCUT2D eigenvalue weighted by Gasteiger charge is 2.30. The van der Waals surface area contributed by atoms with E-state index in [9.17, 15) is 19.2 Å². The first-order valence-electron chi connectivity index (χ1n) is 11.5. The Labute approximate surface area is 196 Å². The molecule has 1 fully saturated rings. The summed E-state index contributed by atoms with van der Waals surface area (Å²) in [4.78, 5) is 52.9. The van der Waals surface area contributed by atoms with Crippen LogP contribution in [0, 0.1) is 5.92 Å². The summed E-state index contributed by atoms with van der Waals surface area (Å²) >= 11 is 0. The molecular weight excluding hydrogens is 422 g/mol. The van der Waals surface area contributed by atoms with Crippen molar-refractivity contribution in [2.24, 2.45) is 5.92 Å². The molecule has 182 valence electrons. The topological polar surface area (TPSA) is 96.0 Å². The fourth-order valence-electron chi connectivity index (χ4n) is 3.83. The lowest BCUT2D eigenvalue weighted by molar-refractivity contribution is -0.152. The molecule has 0 saturated carbocycles. The second-order valence-electron chi connectivity index (χ2n) is 9.65. The fourth-order valence-corrected chi connectivity index (χ4v) is 3.83. The first kappa shape index (κ1) is 26.4. The minimum atomic E-state index is -0.786. The molecule has 1 aliphatic rings. The highest BCUT2D eigenvalue weighted by Crippen LogP contribution is 2.22. The van der Waals surface area contributed by atoms with Crippen molar-refractivity contribution >= 4 is 23.7 Å². The number of hydrogen-bond acceptors (Lipinski definition) is 5. The standard InChI is InChI=1S/C25H37N3O5/c1-7-33-24(32)19-9-8-14-28(15-19)21(29)16-27(6)23(31)17(2)26-22(30)18-10-12-20(13-11-18)25(3,4)5/h10-13,17,19H,7-9,14-16H2,1-6H3,(H,26,30). The number of hydrogen-bond donors (Lipinski definition) is 1. The van der Waals surface area contributed by atoms with E-state index in [4.69, 9.17) is 4.74 Å². The van der Waals surface area contributed by atoms with Crippen molar-refractivity contribution in [2.45, 2.75) is 58.9 Å². The minimum absolute atomic E-state index is 0.0157. The number of nitrogens with zero attached hydrogens (tertiary/aromatic N) is 2. The van der Waals surface area contributed by atoms with E-state index in [1.165, 1.54) is 11.9 Å². The van der Waals surface area contributed by atoms with E-state index in [0.717, 1.165) is 5.56 Å². The van der Waals surface area contributed by atoms with Crippen LogP contribution in [0.1, 0.15) is 63.4 Å². The Morgan fingerprint density at radius 2 is 1.82 bits per heavy atom. The molecule has 0 radical (unpaired) electrons. The summed E-state index contributed by atoms with van der Waals surface area (Å²) in [5.74, 6) is -1.54. The quantitative estimate of drug-likeness (QED) is 0.632. The van der Waals surface area contributed by atoms with Gasteiger partial charge in [-0.1, -0.05) is 32.9 Å². The summed E-state index contributed by atoms with van der Waals surface area (Å²) in [6.45, 7) is 10.7. The molecule has 1 heterocycles. The van der Waals surface area contributed by atoms with Gasteiger partial charge in [-0.05, 0) is 49.8 Å². The molecule has 2 rings (SSSR count). The number of nitrogens with one attached hydrogen (secondary N) is 1. The predicted octanol–water partition coefficient (Wildman–Crippen LogP) is 2.36. The Bertz CT molecular complexity index is 860. The van der Waals surface area contributed by atoms with Gasteiger partial charge in [-0.3, -0.25) is 19.2 Å². The molecule has 8 heteroatoms. The first-order valence-corrected chi connectivity index (χ1v) is 11.5. The van der Waals surface area contributed by atoms with E-state index in [0.29, 0.717) is 38.1 Å². The largest absolute Gasteiger partial charge is 0.466 e. The molecule has 1 aromatic carbocycles. The van der Waals surface area contributed by atoms with Gasteiger partial charge >= 0.3 is 5.97 Å². The second-order valence-corrected chi connectivity index (χ2v) is 9.65. The number of carbonyl (C=O) groups excluding carboxylic acids is 4. The lowest BCUT2D eigenvalue weighted by atomic mass is 9.86. The average Bonchev–Trinajstić information content (AvgIpc) is 2.78. The average molecular weight is 460 g/mol. The van der Waals surface area contributed by atoms with Gasteiger partial charge in [-0.2, -0.15) is 0 Å². The van der Waals surface area contributed by atoms with Gasteiger partial charge in [0.2, 0.25) is 11.8 Å². The Kier molecular flexibility index (Phi) is 9.02. The van der Waals surface area contributed by atoms with E-state index >= 15 is 0 Å². The number of likely N-dealkylation sites (N-methyl/N-ethyl adjacent to an activating group) is 1. The van der Waals surface area contributed by atoms with Crippen LogP contribution >= 0.6 is 0 Å². The van der Waals surface area contributed by atoms with E-state index < -0.39 is 6.04 Å². The van der Waals surface area contributed by atoms with E-state index in [2.05, 4.69) is 26.1 Å². The summed E-state index contributed by atoms with van der Waals surface area (Å²) in [6, 6.07) is 6.53. The van der Waals surface area contributed by atoms with Crippen LogP contribution in [-0.2, 0) is 24.5 Å². The van der Waals surface area contributed by atoms with Crippen LogP contribution in [0.25, 0.3) is 0 Å². The summed E-state index contributed by atoms with van der Waals surface area (Å²) in [5.41, 5.74) is 1.57. The third-order valence-electron chi connectivity index (χ3n) is 5.87. The Morgan fingerprint density at radius 1 is 1.18 bits per heavy atom. The molecule has 1 aliphatic heterocycles. The van der Waals surface area contributed by atoms with Gasteiger partial charge in [0.15, 0.2) is 0 Å². The summed E-state index contributed by atoms with van der Waals surface area (Å²) in [7, 11) is 1.54. The number of esters is 1. The number of carbonyl (C=O) groups is 4. The monoisotopic (exact) mass is 459 g/mol. The number of benzene rings is 1. The molecule has 33 heavy (non-hydrogen) atoms. The number of likely N-dealkylation sites (tertiary alicyclic amines) is 1. The summed E-state index contributed by atoms with van der Waals surface area (Å²) < 4.78 is 5.07. The van der Waals surface area contributed by atoms with Gasteiger partial charge < -0.3 is 19.9 Å². The second kappa shape index (κ2) is 11.3. The maximum atomic E-state index is 12.7. The van der Waals surface area contributed by atoms with Gasteiger partial charge in [-0.25, -0.2) is 0 Å². The van der Waals surface area contributed by atoms with Crippen molar-refractivity contribution in [3.63, 3.8) is 0 Å². The Hall–Kier alpha value is -2.90. The van der Waals surface area contributed by atoms with Gasteiger partial charge in [0, 0.05) is 25.7 Å². The van der Waals surface area contributed by atoms with Crippen molar-refractivity contribution in [3.05, 3.63) is 35.4 Å². The van der Waals surface area contributed by atoms with Crippen molar-refractivity contribution in [1.82, 2.24) is 15.1 Å². The summed E-state index contributed by atoms with van der Waals surface area (Å²) in [5, 5.41) is 2.71. The molecule has 1 N–H and O–H groups in total. The fraction of sp³-hybridized carbons (Fsp3) is 0.600. The lowest BCUT2D eigenvalue weighted by Gasteiger charge is -2.33. The minimum Gasteiger partial charge on any atom is -0.466 e. The zero-order chi connectivity index (χ0) is 24.8. The van der Waals surface area contributed by atoms with Gasteiger partial charge in [0.25, 0.3) is 5.91 Å². The molecule has 0 spiro atoms. The van der Waals surface area contributed by atoms with Crippen LogP contribution in [0.2, 0.25) is 0 Å². The van der Waals surface area contributed by atoms with Crippen molar-refractivity contribution in [1.29, 1.82) is 0 Å². The van der Waals surface area contributed by atoms with Gasteiger partial charge in [0.1, 0.15) is 6.04 Å². The molecule has 0 aliphatic carbocycles. The normalized spacial score (nSPS) is 17.2. The Morgan fingerprint density at radius 3 is 2.39 bits per heavy atom. The third-order valence-corrected chi connectivity index (χ3v) is 5.87. The first-order chi connectivity index (χ1) is 15.4. The highest BCUT2D eigenvalue weighted by atomic mass is 16.5. The van der Waals surface area contributed by atoms with Crippen LogP contribution in [0.5, 0.6) is 0 Å². The molecule has 2 atom stereocenters. The van der Waals surface area contributed by atoms with E-state index in [1.54, 1.807) is 30.9 Å². The zero-order valence-electron chi connectivity index (χ0n) is 20.6. The molecule has 1 saturated heterocycles. The van der Waals surface area contributed by atoms with Gasteiger partial charge in [-0.15, -0.1) is 0 Å². The van der Waals surface area contributed by atoms with E-state index in [1.807, 2.05) is 12.1 Å². The molecule has 0 aromatic heterocycles. The molecule has 0 bridgehead atoms. The maximum Gasteiger partial charge on any atom is 0.310 e. The molecule has 8 nitrogen and oxygen atoms in total. The number of ether oxygens (including phenoxy) is 1. The number of amides is 3. The van der Waals surface area contributed by atoms with Crippen molar-refractivity contribution in [2.75, 3.05) is 33.3 Å². The number of piperidine rings is 1. The molecule has 3 amide bonds. The van der Waals surface area contributed by atoms with E-state index in [-0.39, 0.29) is 41.6 Å². The maximum absolute atomic E-state index is 12.7. The molecule has 2 unspecified atom stereocenters. The SMILES string of the molecule is CCOC(=O)C1CCCN(C(=O)CN(C)C(=O)C(C)NC(=O)c2ccc(C(C)(C)C)cc2)C1. The summed E-state index contributed by atoms with van der Waals surface area (Å²) in [6.07, 6.45) is 1.41. The van der Waals surface area contributed by atoms with Crippen molar-refractivity contribution in [3.8, 4) is 0 Å². The third kappa shape index (κ3) is 7.30. The van der Waals surface area contributed by atoms with Crippen LogP contribution < -0.4 is 5.32 Å². The van der Waals surface area contributed by atoms with Crippen LogP contribution in [0.4, 0.5) is 0 Å². The number of rotatable bonds is 7. The smallest absolute Gasteiger partial charge is 0.310 e. The molecule has 1 aromatic rings. The van der Waals surface area contributed by atoms with Crippen LogP contribution in [0.15, 0.2) is 24.3 Å². The molecular formula is C25H37N3O5. The lowest BCUT2D eigenvalue weighted by Crippen LogP contribution is -2.50. The predicted molar refractivity (Wildman–Crippen MR) is 126 cm³/mol. The zero-order valence-corrected chi connectivity index (χ0v) is 20.6. The van der Waals surface area contributed by atoms with Crippen molar-refractivity contribution < 1.29 is 23.9 Å². The van der Waals surface area contributed by atoms with Crippen LogP contribution in [0.3, 0.4) is 0 Å². The van der Waals surface area contributed by atoms with Crippen LogP contribution in [-0.4, -0.2) is 72.8 Å².